The van der Waals surface area contributed by atoms with E-state index in [9.17, 15) is 8.78 Å². The summed E-state index contributed by atoms with van der Waals surface area (Å²) in [7, 11) is 1.45. The van der Waals surface area contributed by atoms with Gasteiger partial charge in [-0.05, 0) is 31.0 Å². The fourth-order valence-electron chi connectivity index (χ4n) is 5.29. The van der Waals surface area contributed by atoms with Crippen LogP contribution in [-0.2, 0) is 11.3 Å². The number of imidazole rings is 1. The third kappa shape index (κ3) is 4.17. The Hall–Kier alpha value is -3.38. The second-order valence-corrected chi connectivity index (χ2v) is 9.53. The molecule has 37 heavy (non-hydrogen) atoms. The molecule has 2 fully saturated rings. The Labute approximate surface area is 211 Å². The molecule has 0 aliphatic carbocycles. The number of hydrogen-bond donors (Lipinski definition) is 1. The van der Waals surface area contributed by atoms with Crippen LogP contribution in [0.25, 0.3) is 27.7 Å². The van der Waals surface area contributed by atoms with Crippen LogP contribution < -0.4 is 10.1 Å². The minimum atomic E-state index is -1.11. The smallest absolute Gasteiger partial charge is 0.244 e. The lowest BCUT2D eigenvalue weighted by molar-refractivity contribution is -0.0794. The number of aromatic nitrogens is 5. The third-order valence-electron chi connectivity index (χ3n) is 7.31. The van der Waals surface area contributed by atoms with Gasteiger partial charge in [-0.2, -0.15) is 4.98 Å². The highest BCUT2D eigenvalue weighted by Gasteiger charge is 2.36. The zero-order chi connectivity index (χ0) is 25.7. The van der Waals surface area contributed by atoms with Gasteiger partial charge < -0.3 is 19.4 Å². The van der Waals surface area contributed by atoms with Gasteiger partial charge in [-0.1, -0.05) is 6.07 Å². The third-order valence-corrected chi connectivity index (χ3v) is 7.31. The van der Waals surface area contributed by atoms with Crippen LogP contribution in [0, 0.1) is 12.7 Å². The van der Waals surface area contributed by atoms with Crippen LogP contribution in [0.5, 0.6) is 5.88 Å². The first-order valence-corrected chi connectivity index (χ1v) is 12.3. The molecule has 12 heteroatoms. The first-order valence-electron chi connectivity index (χ1n) is 12.3. The standard InChI is InChI=1S/C25H28F3N7O2/c1-14-29-20-4-3-15(9-21(20)34(14)8-6-26)22-18(28)11-35-23(22)24(36-2)31-25(32-35)30-19-5-7-33(10-17(19)27)16-12-37-13-16/h3-4,9,11,16-17,19H,5-8,10,12-13H2,1-2H3,(H,30,32)/t17-,19-/m0/s1. The van der Waals surface area contributed by atoms with Crippen molar-refractivity contribution in [3.05, 3.63) is 36.0 Å². The Morgan fingerprint density at radius 3 is 2.78 bits per heavy atom. The van der Waals surface area contributed by atoms with Gasteiger partial charge in [0.15, 0.2) is 5.82 Å². The van der Waals surface area contributed by atoms with Crippen molar-refractivity contribution in [1.29, 1.82) is 0 Å². The number of rotatable bonds is 7. The van der Waals surface area contributed by atoms with Crippen LogP contribution in [0.1, 0.15) is 12.2 Å². The van der Waals surface area contributed by atoms with Gasteiger partial charge in [-0.15, -0.1) is 5.10 Å². The van der Waals surface area contributed by atoms with E-state index in [1.165, 1.54) is 17.8 Å². The number of nitrogens with one attached hydrogen (secondary N) is 1. The van der Waals surface area contributed by atoms with Gasteiger partial charge in [0.1, 0.15) is 24.2 Å². The minimum Gasteiger partial charge on any atom is -0.479 e. The molecule has 0 saturated carbocycles. The summed E-state index contributed by atoms with van der Waals surface area (Å²) in [6.45, 7) is 3.79. The lowest BCUT2D eigenvalue weighted by atomic mass is 10.0. The summed E-state index contributed by atoms with van der Waals surface area (Å²) in [5, 5.41) is 7.51. The van der Waals surface area contributed by atoms with Crippen molar-refractivity contribution >= 4 is 22.5 Å². The molecule has 0 bridgehead atoms. The van der Waals surface area contributed by atoms with E-state index in [1.54, 1.807) is 22.8 Å². The number of ether oxygens (including phenoxy) is 2. The summed E-state index contributed by atoms with van der Waals surface area (Å²) >= 11 is 0. The van der Waals surface area contributed by atoms with Crippen molar-refractivity contribution in [2.75, 3.05) is 45.4 Å². The maximum absolute atomic E-state index is 15.3. The number of alkyl halides is 2. The number of likely N-dealkylation sites (tertiary alicyclic amines) is 1. The second kappa shape index (κ2) is 9.49. The predicted molar refractivity (Wildman–Crippen MR) is 132 cm³/mol. The number of anilines is 1. The molecular weight excluding hydrogens is 487 g/mol. The fraction of sp³-hybridized carbons (Fsp3) is 0.480. The molecular formula is C25H28F3N7O2. The summed E-state index contributed by atoms with van der Waals surface area (Å²) < 4.78 is 57.3. The van der Waals surface area contributed by atoms with Gasteiger partial charge in [0, 0.05) is 13.1 Å². The van der Waals surface area contributed by atoms with Crippen LogP contribution in [0.4, 0.5) is 19.1 Å². The summed E-state index contributed by atoms with van der Waals surface area (Å²) in [6.07, 6.45) is 0.722. The summed E-state index contributed by atoms with van der Waals surface area (Å²) in [4.78, 5) is 11.0. The fourth-order valence-corrected chi connectivity index (χ4v) is 5.29. The Morgan fingerprint density at radius 2 is 2.08 bits per heavy atom. The molecule has 9 nitrogen and oxygen atoms in total. The summed E-state index contributed by atoms with van der Waals surface area (Å²) in [6, 6.07) is 5.13. The van der Waals surface area contributed by atoms with Crippen LogP contribution in [0.15, 0.2) is 24.4 Å². The van der Waals surface area contributed by atoms with Crippen LogP contribution in [0.2, 0.25) is 0 Å². The molecule has 0 spiro atoms. The Bertz CT molecular complexity index is 1450. The Kier molecular flexibility index (Phi) is 6.15. The molecule has 1 N–H and O–H groups in total. The number of nitrogens with zero attached hydrogens (tertiary/aromatic N) is 6. The van der Waals surface area contributed by atoms with Crippen molar-refractivity contribution in [3.63, 3.8) is 0 Å². The number of piperidine rings is 1. The average Bonchev–Trinajstić information content (AvgIpc) is 3.34. The van der Waals surface area contributed by atoms with Gasteiger partial charge in [0.25, 0.3) is 0 Å². The van der Waals surface area contributed by atoms with E-state index in [2.05, 4.69) is 25.3 Å². The number of hydrogen-bond acceptors (Lipinski definition) is 7. The minimum absolute atomic E-state index is 0.157. The number of fused-ring (bicyclic) bond motifs is 2. The maximum atomic E-state index is 15.3. The largest absolute Gasteiger partial charge is 0.479 e. The molecule has 2 aliphatic heterocycles. The molecule has 2 atom stereocenters. The van der Waals surface area contributed by atoms with Gasteiger partial charge in [0.2, 0.25) is 11.8 Å². The molecule has 0 radical (unpaired) electrons. The number of methoxy groups -OCH3 is 1. The van der Waals surface area contributed by atoms with Crippen LogP contribution in [-0.4, -0.2) is 87.4 Å². The van der Waals surface area contributed by atoms with Gasteiger partial charge in [-0.3, -0.25) is 4.90 Å². The average molecular weight is 516 g/mol. The van der Waals surface area contributed by atoms with Crippen molar-refractivity contribution in [2.45, 2.75) is 38.1 Å². The molecule has 0 unspecified atom stereocenters. The number of halogens is 3. The lowest BCUT2D eigenvalue weighted by Gasteiger charge is -2.42. The van der Waals surface area contributed by atoms with Gasteiger partial charge in [0.05, 0.1) is 61.7 Å². The first-order chi connectivity index (χ1) is 18.0. The normalized spacial score (nSPS) is 21.0. The molecule has 1 aromatic carbocycles. The highest BCUT2D eigenvalue weighted by Crippen LogP contribution is 2.36. The number of aryl methyl sites for hydroxylation is 2. The molecule has 3 aromatic heterocycles. The first kappa shape index (κ1) is 24.0. The lowest BCUT2D eigenvalue weighted by Crippen LogP contribution is -2.57. The zero-order valence-corrected chi connectivity index (χ0v) is 20.6. The highest BCUT2D eigenvalue weighted by molar-refractivity contribution is 5.90. The molecule has 2 saturated heterocycles. The van der Waals surface area contributed by atoms with Crippen LogP contribution >= 0.6 is 0 Å². The molecule has 4 aromatic rings. The summed E-state index contributed by atoms with van der Waals surface area (Å²) in [5.41, 5.74) is 2.57. The number of benzene rings is 1. The quantitative estimate of drug-likeness (QED) is 0.404. The van der Waals surface area contributed by atoms with E-state index in [-0.39, 0.29) is 30.0 Å². The van der Waals surface area contributed by atoms with Crippen molar-refractivity contribution in [1.82, 2.24) is 29.0 Å². The zero-order valence-electron chi connectivity index (χ0n) is 20.6. The SMILES string of the molecule is COc1nc(N[C@H]2CCN(C3COC3)C[C@@H]2F)nn2cc(F)c(-c3ccc4nc(C)n(CCF)c4c3)c12. The molecule has 2 aliphatic rings. The predicted octanol–water partition coefficient (Wildman–Crippen LogP) is 3.39. The van der Waals surface area contributed by atoms with E-state index in [1.807, 2.05) is 6.92 Å². The molecule has 6 rings (SSSR count). The van der Waals surface area contributed by atoms with Crippen molar-refractivity contribution in [3.8, 4) is 17.0 Å². The van der Waals surface area contributed by atoms with Gasteiger partial charge in [-0.25, -0.2) is 22.7 Å². The highest BCUT2D eigenvalue weighted by atomic mass is 19.1. The van der Waals surface area contributed by atoms with E-state index in [4.69, 9.17) is 9.47 Å². The van der Waals surface area contributed by atoms with Crippen molar-refractivity contribution < 1.29 is 22.6 Å². The van der Waals surface area contributed by atoms with Gasteiger partial charge >= 0.3 is 0 Å². The van der Waals surface area contributed by atoms with E-state index >= 15 is 4.39 Å². The summed E-state index contributed by atoms with van der Waals surface area (Å²) in [5.74, 6) is 0.480. The van der Waals surface area contributed by atoms with Crippen LogP contribution in [0.3, 0.4) is 0 Å². The Morgan fingerprint density at radius 1 is 1.24 bits per heavy atom. The maximum Gasteiger partial charge on any atom is 0.244 e. The van der Waals surface area contributed by atoms with Crippen molar-refractivity contribution in [2.24, 2.45) is 0 Å². The van der Waals surface area contributed by atoms with E-state index in [0.29, 0.717) is 54.1 Å². The second-order valence-electron chi connectivity index (χ2n) is 9.53. The monoisotopic (exact) mass is 515 g/mol. The molecule has 5 heterocycles. The Balaban J connectivity index is 1.33. The topological polar surface area (TPSA) is 81.7 Å². The van der Waals surface area contributed by atoms with E-state index < -0.39 is 24.7 Å². The molecule has 196 valence electrons. The molecule has 0 amide bonds. The van der Waals surface area contributed by atoms with E-state index in [0.717, 1.165) is 6.54 Å².